The number of benzene rings is 1. The van der Waals surface area contributed by atoms with E-state index in [9.17, 15) is 14.4 Å². The molecule has 3 rings (SSSR count). The molecule has 2 N–H and O–H groups in total. The minimum atomic E-state index is -0.352. The van der Waals surface area contributed by atoms with Crippen molar-refractivity contribution in [3.05, 3.63) is 68.0 Å². The summed E-state index contributed by atoms with van der Waals surface area (Å²) < 4.78 is 1.18. The Hall–Kier alpha value is -3.22. The van der Waals surface area contributed by atoms with E-state index in [1.165, 1.54) is 4.68 Å². The summed E-state index contributed by atoms with van der Waals surface area (Å²) in [5.74, 6) is -0.247. The first-order chi connectivity index (χ1) is 12.4. The first-order valence-corrected chi connectivity index (χ1v) is 8.33. The smallest absolute Gasteiger partial charge is 0.273 e. The predicted molar refractivity (Wildman–Crippen MR) is 101 cm³/mol. The van der Waals surface area contributed by atoms with E-state index < -0.39 is 0 Å². The summed E-state index contributed by atoms with van der Waals surface area (Å²) in [6, 6.07) is 8.51. The van der Waals surface area contributed by atoms with Crippen molar-refractivity contribution < 1.29 is 4.79 Å². The maximum atomic E-state index is 12.4. The molecule has 2 aromatic heterocycles. The van der Waals surface area contributed by atoms with E-state index in [4.69, 9.17) is 0 Å². The Morgan fingerprint density at radius 2 is 1.85 bits per heavy atom. The zero-order valence-corrected chi connectivity index (χ0v) is 14.9. The highest BCUT2D eigenvalue weighted by molar-refractivity contribution is 5.92. The molecule has 0 saturated heterocycles. The third-order valence-electron chi connectivity index (χ3n) is 4.24. The Kier molecular flexibility index (Phi) is 4.71. The Balaban J connectivity index is 1.79. The van der Waals surface area contributed by atoms with Gasteiger partial charge in [0.05, 0.1) is 28.7 Å². The number of hydrogen-bond acceptors (Lipinski definition) is 4. The van der Waals surface area contributed by atoms with Crippen LogP contribution >= 0.6 is 0 Å². The molecule has 1 aromatic carbocycles. The minimum Gasteiger partial charge on any atom is -0.324 e. The lowest BCUT2D eigenvalue weighted by Crippen LogP contribution is -2.31. The number of amides is 1. The summed E-state index contributed by atoms with van der Waals surface area (Å²) in [7, 11) is 0. The van der Waals surface area contributed by atoms with Crippen LogP contribution in [0.1, 0.15) is 23.4 Å². The zero-order valence-electron chi connectivity index (χ0n) is 14.9. The standard InChI is InChI=1S/C19H20N4O3/c1-11-10-12(2)20-13(3)17(11)21-16(24)8-9-23-19(26)15-7-5-4-6-14(15)18(25)22-23/h4-7,10H,8-9H2,1-3H3,(H,21,24)(H,22,25). The number of rotatable bonds is 4. The van der Waals surface area contributed by atoms with Gasteiger partial charge in [0.15, 0.2) is 0 Å². The van der Waals surface area contributed by atoms with Crippen LogP contribution in [0.25, 0.3) is 10.8 Å². The van der Waals surface area contributed by atoms with Crippen LogP contribution in [0.4, 0.5) is 5.69 Å². The molecule has 134 valence electrons. The number of nitrogens with one attached hydrogen (secondary N) is 2. The van der Waals surface area contributed by atoms with E-state index in [2.05, 4.69) is 15.4 Å². The van der Waals surface area contributed by atoms with Crippen molar-refractivity contribution in [1.82, 2.24) is 14.8 Å². The molecule has 3 aromatic rings. The lowest BCUT2D eigenvalue weighted by molar-refractivity contribution is -0.116. The molecule has 7 nitrogen and oxygen atoms in total. The molecule has 0 saturated carbocycles. The number of aromatic amines is 1. The summed E-state index contributed by atoms with van der Waals surface area (Å²) in [4.78, 5) is 41.2. The minimum absolute atomic E-state index is 0.0565. The van der Waals surface area contributed by atoms with Crippen LogP contribution in [0, 0.1) is 20.8 Å². The van der Waals surface area contributed by atoms with Crippen LogP contribution in [0.3, 0.4) is 0 Å². The SMILES string of the molecule is Cc1cc(C)c(NC(=O)CCn2[nH]c(=O)c3ccccc3c2=O)c(C)n1. The summed E-state index contributed by atoms with van der Waals surface area (Å²) in [6.45, 7) is 5.72. The first-order valence-electron chi connectivity index (χ1n) is 8.33. The summed E-state index contributed by atoms with van der Waals surface area (Å²) in [5, 5.41) is 6.04. The number of anilines is 1. The molecule has 0 aliphatic carbocycles. The number of aryl methyl sites for hydroxylation is 4. The van der Waals surface area contributed by atoms with Crippen LogP contribution < -0.4 is 16.4 Å². The number of hydrogen-bond donors (Lipinski definition) is 2. The fourth-order valence-electron chi connectivity index (χ4n) is 3.03. The second-order valence-electron chi connectivity index (χ2n) is 6.28. The first kappa shape index (κ1) is 17.6. The van der Waals surface area contributed by atoms with Crippen molar-refractivity contribution >= 4 is 22.4 Å². The number of aromatic nitrogens is 3. The average Bonchev–Trinajstić information content (AvgIpc) is 2.60. The molecular formula is C19H20N4O3. The molecule has 0 spiro atoms. The fraction of sp³-hybridized carbons (Fsp3) is 0.263. The third kappa shape index (κ3) is 3.42. The molecular weight excluding hydrogens is 332 g/mol. The van der Waals surface area contributed by atoms with E-state index in [1.54, 1.807) is 24.3 Å². The molecule has 0 fully saturated rings. The van der Waals surface area contributed by atoms with Gasteiger partial charge in [0, 0.05) is 12.1 Å². The van der Waals surface area contributed by atoms with Gasteiger partial charge in [0.25, 0.3) is 11.1 Å². The van der Waals surface area contributed by atoms with Gasteiger partial charge in [-0.3, -0.25) is 24.5 Å². The van der Waals surface area contributed by atoms with Crippen molar-refractivity contribution in [3.63, 3.8) is 0 Å². The van der Waals surface area contributed by atoms with Gasteiger partial charge in [0.2, 0.25) is 5.91 Å². The maximum Gasteiger partial charge on any atom is 0.273 e. The van der Waals surface area contributed by atoms with E-state index in [0.717, 1.165) is 17.0 Å². The molecule has 1 amide bonds. The monoisotopic (exact) mass is 352 g/mol. The summed E-state index contributed by atoms with van der Waals surface area (Å²) in [5.41, 5.74) is 2.57. The van der Waals surface area contributed by atoms with Gasteiger partial charge in [-0.15, -0.1) is 0 Å². The molecule has 7 heteroatoms. The number of carbonyl (C=O) groups excluding carboxylic acids is 1. The lowest BCUT2D eigenvalue weighted by atomic mass is 10.1. The van der Waals surface area contributed by atoms with Crippen LogP contribution in [0.2, 0.25) is 0 Å². The van der Waals surface area contributed by atoms with Crippen molar-refractivity contribution in [1.29, 1.82) is 0 Å². The molecule has 0 atom stereocenters. The Morgan fingerprint density at radius 1 is 1.15 bits per heavy atom. The highest BCUT2D eigenvalue weighted by Crippen LogP contribution is 2.19. The molecule has 0 unspecified atom stereocenters. The molecule has 0 radical (unpaired) electrons. The van der Waals surface area contributed by atoms with Crippen LogP contribution in [0.15, 0.2) is 39.9 Å². The predicted octanol–water partition coefficient (Wildman–Crippen LogP) is 2.04. The van der Waals surface area contributed by atoms with Gasteiger partial charge < -0.3 is 5.32 Å². The van der Waals surface area contributed by atoms with Gasteiger partial charge in [-0.25, -0.2) is 4.68 Å². The van der Waals surface area contributed by atoms with Crippen molar-refractivity contribution in [2.24, 2.45) is 0 Å². The topological polar surface area (TPSA) is 96.9 Å². The Bertz CT molecular complexity index is 1090. The largest absolute Gasteiger partial charge is 0.324 e. The number of carbonyl (C=O) groups is 1. The van der Waals surface area contributed by atoms with E-state index in [1.807, 2.05) is 26.8 Å². The van der Waals surface area contributed by atoms with E-state index in [0.29, 0.717) is 16.5 Å². The quantitative estimate of drug-likeness (QED) is 0.751. The van der Waals surface area contributed by atoms with E-state index >= 15 is 0 Å². The second kappa shape index (κ2) is 6.95. The fourth-order valence-corrected chi connectivity index (χ4v) is 3.03. The van der Waals surface area contributed by atoms with Gasteiger partial charge in [-0.2, -0.15) is 0 Å². The maximum absolute atomic E-state index is 12.4. The van der Waals surface area contributed by atoms with Crippen molar-refractivity contribution in [2.45, 2.75) is 33.7 Å². The second-order valence-corrected chi connectivity index (χ2v) is 6.28. The highest BCUT2D eigenvalue weighted by Gasteiger charge is 2.11. The summed E-state index contributed by atoms with van der Waals surface area (Å²) in [6.07, 6.45) is 0.0565. The molecule has 2 heterocycles. The van der Waals surface area contributed by atoms with E-state index in [-0.39, 0.29) is 30.0 Å². The summed E-state index contributed by atoms with van der Waals surface area (Å²) >= 11 is 0. The Morgan fingerprint density at radius 3 is 2.54 bits per heavy atom. The average molecular weight is 352 g/mol. The third-order valence-corrected chi connectivity index (χ3v) is 4.24. The molecule has 0 bridgehead atoms. The number of nitrogens with zero attached hydrogens (tertiary/aromatic N) is 2. The van der Waals surface area contributed by atoms with Gasteiger partial charge >= 0.3 is 0 Å². The number of H-pyrrole nitrogens is 1. The number of pyridine rings is 1. The normalized spacial score (nSPS) is 10.9. The number of fused-ring (bicyclic) bond motifs is 1. The van der Waals surface area contributed by atoms with Crippen molar-refractivity contribution in [2.75, 3.05) is 5.32 Å². The molecule has 0 aliphatic heterocycles. The molecule has 0 aliphatic rings. The van der Waals surface area contributed by atoms with Gasteiger partial charge in [0.1, 0.15) is 0 Å². The van der Waals surface area contributed by atoms with Gasteiger partial charge in [-0.1, -0.05) is 12.1 Å². The van der Waals surface area contributed by atoms with Crippen LogP contribution in [-0.4, -0.2) is 20.7 Å². The van der Waals surface area contributed by atoms with Crippen molar-refractivity contribution in [3.8, 4) is 0 Å². The van der Waals surface area contributed by atoms with Gasteiger partial charge in [-0.05, 0) is 44.5 Å². The highest BCUT2D eigenvalue weighted by atomic mass is 16.2. The van der Waals surface area contributed by atoms with Crippen LogP contribution in [-0.2, 0) is 11.3 Å². The zero-order chi connectivity index (χ0) is 18.8. The Labute approximate surface area is 149 Å². The van der Waals surface area contributed by atoms with Crippen LogP contribution in [0.5, 0.6) is 0 Å². The lowest BCUT2D eigenvalue weighted by Gasteiger charge is -2.12. The molecule has 26 heavy (non-hydrogen) atoms.